The molecule has 1 aliphatic heterocycles. The molecule has 0 saturated carbocycles. The minimum atomic E-state index is -3.47. The fourth-order valence-corrected chi connectivity index (χ4v) is 5.73. The number of hydrogen-bond acceptors (Lipinski definition) is 8. The second-order valence-electron chi connectivity index (χ2n) is 11.0. The average molecular weight is 537 g/mol. The van der Waals surface area contributed by atoms with Crippen LogP contribution in [0.1, 0.15) is 50.4 Å². The Balaban J connectivity index is 1.48. The van der Waals surface area contributed by atoms with Gasteiger partial charge in [0.25, 0.3) is 0 Å². The molecular weight excluding hydrogens is 500 g/mol. The molecule has 0 radical (unpaired) electrons. The van der Waals surface area contributed by atoms with Gasteiger partial charge in [0.05, 0.1) is 18.5 Å². The smallest absolute Gasteiger partial charge is 0.229 e. The molecule has 3 heterocycles. The number of aryl methyl sites for hydroxylation is 1. The van der Waals surface area contributed by atoms with Gasteiger partial charge in [0.1, 0.15) is 30.3 Å². The van der Waals surface area contributed by atoms with E-state index in [-0.39, 0.29) is 5.41 Å². The quantitative estimate of drug-likeness (QED) is 0.449. The molecule has 0 atom stereocenters. The summed E-state index contributed by atoms with van der Waals surface area (Å²) in [5.74, 6) is 2.36. The standard InChI is InChI=1S/C28H36N6O3S/c1-5-10-29-26-24(33-38(4,35)36)14-20(16-30-26)19-6-7-25-21(13-19)17-34(11-12-37-25)27-22-15-28(2,3)9-8-23(22)31-18-32-27/h6-7,13-14,16,18,33H,5,8-12,15,17H2,1-4H3,(H,29,30). The van der Waals surface area contributed by atoms with Gasteiger partial charge in [0.2, 0.25) is 10.0 Å². The summed E-state index contributed by atoms with van der Waals surface area (Å²) in [6.45, 7) is 9.32. The van der Waals surface area contributed by atoms with Crippen molar-refractivity contribution in [1.29, 1.82) is 0 Å². The lowest BCUT2D eigenvalue weighted by molar-refractivity contribution is 0.310. The molecule has 10 heteroatoms. The highest BCUT2D eigenvalue weighted by molar-refractivity contribution is 7.92. The highest BCUT2D eigenvalue weighted by Gasteiger charge is 2.30. The van der Waals surface area contributed by atoms with Crippen LogP contribution < -0.4 is 19.7 Å². The molecule has 38 heavy (non-hydrogen) atoms. The summed E-state index contributed by atoms with van der Waals surface area (Å²) < 4.78 is 32.8. The molecule has 202 valence electrons. The molecule has 3 aromatic rings. The van der Waals surface area contributed by atoms with Crippen LogP contribution in [0.15, 0.2) is 36.8 Å². The average Bonchev–Trinajstić information content (AvgIpc) is 3.08. The topological polar surface area (TPSA) is 109 Å². The third-order valence-electron chi connectivity index (χ3n) is 7.10. The van der Waals surface area contributed by atoms with Crippen molar-refractivity contribution in [3.63, 3.8) is 0 Å². The first kappa shape index (κ1) is 26.2. The summed E-state index contributed by atoms with van der Waals surface area (Å²) in [7, 11) is -3.47. The van der Waals surface area contributed by atoms with Crippen molar-refractivity contribution in [3.8, 4) is 16.9 Å². The Morgan fingerprint density at radius 1 is 1.13 bits per heavy atom. The number of rotatable bonds is 7. The molecule has 1 aliphatic carbocycles. The Morgan fingerprint density at radius 2 is 1.97 bits per heavy atom. The van der Waals surface area contributed by atoms with Gasteiger partial charge in [-0.1, -0.05) is 26.8 Å². The number of nitrogens with one attached hydrogen (secondary N) is 2. The molecule has 2 N–H and O–H groups in total. The molecule has 5 rings (SSSR count). The van der Waals surface area contributed by atoms with E-state index in [0.717, 1.165) is 72.4 Å². The van der Waals surface area contributed by atoms with Crippen LogP contribution in [0.2, 0.25) is 0 Å². The van der Waals surface area contributed by atoms with Crippen molar-refractivity contribution in [2.75, 3.05) is 40.9 Å². The van der Waals surface area contributed by atoms with Crippen molar-refractivity contribution >= 4 is 27.3 Å². The lowest BCUT2D eigenvalue weighted by Crippen LogP contribution is -2.31. The van der Waals surface area contributed by atoms with Crippen LogP contribution in [-0.4, -0.2) is 49.3 Å². The maximum Gasteiger partial charge on any atom is 0.229 e. The van der Waals surface area contributed by atoms with Gasteiger partial charge in [-0.25, -0.2) is 23.4 Å². The highest BCUT2D eigenvalue weighted by Crippen LogP contribution is 2.39. The van der Waals surface area contributed by atoms with Gasteiger partial charge >= 0.3 is 0 Å². The van der Waals surface area contributed by atoms with Crippen molar-refractivity contribution < 1.29 is 13.2 Å². The first-order valence-electron chi connectivity index (χ1n) is 13.2. The van der Waals surface area contributed by atoms with Crippen molar-refractivity contribution in [1.82, 2.24) is 15.0 Å². The highest BCUT2D eigenvalue weighted by atomic mass is 32.2. The number of anilines is 3. The van der Waals surface area contributed by atoms with E-state index in [9.17, 15) is 8.42 Å². The van der Waals surface area contributed by atoms with Gasteiger partial charge in [0, 0.05) is 41.7 Å². The van der Waals surface area contributed by atoms with E-state index < -0.39 is 10.0 Å². The zero-order valence-electron chi connectivity index (χ0n) is 22.5. The van der Waals surface area contributed by atoms with E-state index in [2.05, 4.69) is 44.8 Å². The van der Waals surface area contributed by atoms with Crippen LogP contribution in [0.5, 0.6) is 5.75 Å². The van der Waals surface area contributed by atoms with Crippen LogP contribution in [0.4, 0.5) is 17.3 Å². The first-order chi connectivity index (χ1) is 18.1. The van der Waals surface area contributed by atoms with Gasteiger partial charge in [-0.3, -0.25) is 4.72 Å². The zero-order valence-corrected chi connectivity index (χ0v) is 23.4. The minimum Gasteiger partial charge on any atom is -0.491 e. The summed E-state index contributed by atoms with van der Waals surface area (Å²) in [6, 6.07) is 7.90. The van der Waals surface area contributed by atoms with Gasteiger partial charge in [0.15, 0.2) is 0 Å². The SMILES string of the molecule is CCCNc1ncc(-c2ccc3c(c2)CN(c2ncnc4c2CC(C)(C)CC4)CCO3)cc1NS(C)(=O)=O. The summed E-state index contributed by atoms with van der Waals surface area (Å²) in [6.07, 6.45) is 8.56. The van der Waals surface area contributed by atoms with Crippen LogP contribution in [0.3, 0.4) is 0 Å². The predicted octanol–water partition coefficient (Wildman–Crippen LogP) is 4.65. The molecule has 0 unspecified atom stereocenters. The lowest BCUT2D eigenvalue weighted by atomic mass is 9.76. The Hall–Kier alpha value is -3.40. The second-order valence-corrected chi connectivity index (χ2v) is 12.7. The van der Waals surface area contributed by atoms with E-state index >= 15 is 0 Å². The third-order valence-corrected chi connectivity index (χ3v) is 7.70. The van der Waals surface area contributed by atoms with Crippen LogP contribution in [0, 0.1) is 5.41 Å². The first-order valence-corrected chi connectivity index (χ1v) is 15.1. The van der Waals surface area contributed by atoms with E-state index in [1.54, 1.807) is 12.5 Å². The summed E-state index contributed by atoms with van der Waals surface area (Å²) in [5, 5.41) is 3.20. The van der Waals surface area contributed by atoms with Gasteiger partial charge in [-0.15, -0.1) is 0 Å². The van der Waals surface area contributed by atoms with Crippen molar-refractivity contribution in [3.05, 3.63) is 53.6 Å². The number of hydrogen-bond donors (Lipinski definition) is 2. The Labute approximate surface area is 225 Å². The predicted molar refractivity (Wildman–Crippen MR) is 151 cm³/mol. The van der Waals surface area contributed by atoms with Crippen molar-refractivity contribution in [2.45, 2.75) is 53.0 Å². The van der Waals surface area contributed by atoms with E-state index in [1.165, 1.54) is 5.56 Å². The fraction of sp³-hybridized carbons (Fsp3) is 0.464. The number of fused-ring (bicyclic) bond motifs is 2. The number of ether oxygens (including phenoxy) is 1. The molecule has 0 fully saturated rings. The number of aromatic nitrogens is 3. The molecule has 0 spiro atoms. The van der Waals surface area contributed by atoms with Crippen LogP contribution in [0.25, 0.3) is 11.1 Å². The zero-order chi connectivity index (χ0) is 26.9. The largest absolute Gasteiger partial charge is 0.491 e. The van der Waals surface area contributed by atoms with E-state index in [1.807, 2.05) is 25.1 Å². The van der Waals surface area contributed by atoms with Gasteiger partial charge < -0.3 is 15.0 Å². The Bertz CT molecular complexity index is 1440. The van der Waals surface area contributed by atoms with E-state index in [0.29, 0.717) is 31.2 Å². The number of nitrogens with zero attached hydrogens (tertiary/aromatic N) is 4. The molecule has 0 bridgehead atoms. The Morgan fingerprint density at radius 3 is 2.76 bits per heavy atom. The molecule has 9 nitrogen and oxygen atoms in total. The molecule has 2 aromatic heterocycles. The monoisotopic (exact) mass is 536 g/mol. The van der Waals surface area contributed by atoms with Crippen LogP contribution in [-0.2, 0) is 29.4 Å². The summed E-state index contributed by atoms with van der Waals surface area (Å²) in [5.41, 5.74) is 5.86. The number of benzene rings is 1. The van der Waals surface area contributed by atoms with Crippen LogP contribution >= 0.6 is 0 Å². The van der Waals surface area contributed by atoms with Gasteiger partial charge in [-0.05, 0) is 54.9 Å². The maximum absolute atomic E-state index is 12.0. The van der Waals surface area contributed by atoms with Crippen molar-refractivity contribution in [2.24, 2.45) is 5.41 Å². The van der Waals surface area contributed by atoms with Gasteiger partial charge in [-0.2, -0.15) is 0 Å². The summed E-state index contributed by atoms with van der Waals surface area (Å²) in [4.78, 5) is 16.2. The maximum atomic E-state index is 12.0. The molecule has 2 aliphatic rings. The van der Waals surface area contributed by atoms with E-state index in [4.69, 9.17) is 9.72 Å². The lowest BCUT2D eigenvalue weighted by Gasteiger charge is -2.33. The third kappa shape index (κ3) is 5.85. The molecule has 1 aromatic carbocycles. The Kier molecular flexibility index (Phi) is 7.17. The second kappa shape index (κ2) is 10.4. The normalized spacial score (nSPS) is 16.6. The minimum absolute atomic E-state index is 0.225. The fourth-order valence-electron chi connectivity index (χ4n) is 5.17. The summed E-state index contributed by atoms with van der Waals surface area (Å²) >= 11 is 0. The number of pyridine rings is 1. The molecule has 0 saturated heterocycles. The number of sulfonamides is 1. The molecular formula is C28H36N6O3S. The molecule has 0 amide bonds.